The Morgan fingerprint density at radius 1 is 1.13 bits per heavy atom. The van der Waals surface area contributed by atoms with E-state index >= 15 is 0 Å². The second-order valence-corrected chi connectivity index (χ2v) is 4.99. The molecule has 1 heterocycles. The molecule has 1 aromatic heterocycles. The Kier molecular flexibility index (Phi) is 4.15. The van der Waals surface area contributed by atoms with Crippen molar-refractivity contribution < 1.29 is 13.9 Å². The van der Waals surface area contributed by atoms with Gasteiger partial charge in [0.1, 0.15) is 5.82 Å². The summed E-state index contributed by atoms with van der Waals surface area (Å²) in [6, 6.07) is 15.1. The first kappa shape index (κ1) is 14.9. The summed E-state index contributed by atoms with van der Waals surface area (Å²) in [5, 5.41) is 0.950. The van der Waals surface area contributed by atoms with Crippen molar-refractivity contribution in [3.63, 3.8) is 0 Å². The Balaban J connectivity index is 1.95. The number of allylic oxidation sites excluding steroid dienone is 1. The lowest BCUT2D eigenvalue weighted by Crippen LogP contribution is -1.96. The van der Waals surface area contributed by atoms with E-state index in [0.717, 1.165) is 10.9 Å². The van der Waals surface area contributed by atoms with E-state index in [4.69, 9.17) is 4.74 Å². The molecule has 3 nitrogen and oxygen atoms in total. The van der Waals surface area contributed by atoms with Gasteiger partial charge >= 0.3 is 0 Å². The highest BCUT2D eigenvalue weighted by Gasteiger charge is 2.07. The Morgan fingerprint density at radius 2 is 1.96 bits per heavy atom. The molecule has 0 aliphatic rings. The Morgan fingerprint density at radius 3 is 2.74 bits per heavy atom. The second kappa shape index (κ2) is 6.40. The fourth-order valence-electron chi connectivity index (χ4n) is 2.30. The summed E-state index contributed by atoms with van der Waals surface area (Å²) in [6.07, 6.45) is 3.02. The lowest BCUT2D eigenvalue weighted by atomic mass is 10.1. The van der Waals surface area contributed by atoms with E-state index in [0.29, 0.717) is 17.0 Å². The molecular formula is C19H14FNO2. The minimum atomic E-state index is -0.436. The number of para-hydroxylation sites is 1. The number of ether oxygens (including phenoxy) is 1. The van der Waals surface area contributed by atoms with E-state index < -0.39 is 5.82 Å². The summed E-state index contributed by atoms with van der Waals surface area (Å²) in [6.45, 7) is 0. The molecule has 23 heavy (non-hydrogen) atoms. The second-order valence-electron chi connectivity index (χ2n) is 4.99. The maximum absolute atomic E-state index is 13.2. The number of aromatic nitrogens is 1. The van der Waals surface area contributed by atoms with Gasteiger partial charge in [0, 0.05) is 16.5 Å². The van der Waals surface area contributed by atoms with Crippen LogP contribution in [0, 0.1) is 5.82 Å². The van der Waals surface area contributed by atoms with E-state index in [2.05, 4.69) is 4.98 Å². The van der Waals surface area contributed by atoms with Crippen molar-refractivity contribution in [2.75, 3.05) is 7.11 Å². The minimum Gasteiger partial charge on any atom is -0.481 e. The number of hydrogen-bond acceptors (Lipinski definition) is 3. The zero-order valence-corrected chi connectivity index (χ0v) is 12.5. The van der Waals surface area contributed by atoms with Crippen LogP contribution in [0.2, 0.25) is 0 Å². The Labute approximate surface area is 133 Å². The van der Waals surface area contributed by atoms with Crippen LogP contribution < -0.4 is 4.74 Å². The molecule has 0 aliphatic carbocycles. The van der Waals surface area contributed by atoms with Crippen LogP contribution in [0.1, 0.15) is 15.9 Å². The van der Waals surface area contributed by atoms with E-state index in [9.17, 15) is 9.18 Å². The van der Waals surface area contributed by atoms with Gasteiger partial charge in [-0.3, -0.25) is 4.79 Å². The first-order chi connectivity index (χ1) is 11.2. The molecule has 0 saturated carbocycles. The fourth-order valence-corrected chi connectivity index (χ4v) is 2.30. The van der Waals surface area contributed by atoms with Crippen molar-refractivity contribution in [3.05, 3.63) is 77.6 Å². The molecule has 0 atom stereocenters. The van der Waals surface area contributed by atoms with Crippen molar-refractivity contribution in [2.45, 2.75) is 0 Å². The number of methoxy groups -OCH3 is 1. The van der Waals surface area contributed by atoms with Gasteiger partial charge in [-0.05, 0) is 36.4 Å². The summed E-state index contributed by atoms with van der Waals surface area (Å²) < 4.78 is 18.5. The quantitative estimate of drug-likeness (QED) is 0.533. The van der Waals surface area contributed by atoms with E-state index in [1.165, 1.54) is 31.4 Å². The van der Waals surface area contributed by atoms with Gasteiger partial charge in [-0.15, -0.1) is 0 Å². The number of carbonyl (C=O) groups is 1. The van der Waals surface area contributed by atoms with Crippen LogP contribution in [0.15, 0.2) is 60.7 Å². The number of benzene rings is 2. The third kappa shape index (κ3) is 3.26. The smallest absolute Gasteiger partial charge is 0.221 e. The maximum Gasteiger partial charge on any atom is 0.221 e. The number of halogens is 1. The van der Waals surface area contributed by atoms with Gasteiger partial charge in [-0.1, -0.05) is 30.3 Å². The molecule has 0 amide bonds. The number of ketones is 1. The van der Waals surface area contributed by atoms with Crippen molar-refractivity contribution >= 4 is 22.8 Å². The third-order valence-electron chi connectivity index (χ3n) is 3.43. The third-order valence-corrected chi connectivity index (χ3v) is 3.43. The van der Waals surface area contributed by atoms with Gasteiger partial charge < -0.3 is 4.74 Å². The number of nitrogens with zero attached hydrogens (tertiary/aromatic N) is 1. The van der Waals surface area contributed by atoms with Gasteiger partial charge in [0.2, 0.25) is 5.88 Å². The van der Waals surface area contributed by atoms with Gasteiger partial charge in [-0.2, -0.15) is 0 Å². The molecule has 4 heteroatoms. The SMILES string of the molecule is COc1nc2ccccc2cc1/C=C/C(=O)c1cccc(F)c1. The van der Waals surface area contributed by atoms with Gasteiger partial charge in [0.25, 0.3) is 0 Å². The maximum atomic E-state index is 13.2. The van der Waals surface area contributed by atoms with E-state index in [1.807, 2.05) is 30.3 Å². The van der Waals surface area contributed by atoms with Crippen LogP contribution in [0.5, 0.6) is 5.88 Å². The fraction of sp³-hybridized carbons (Fsp3) is 0.0526. The summed E-state index contributed by atoms with van der Waals surface area (Å²) in [4.78, 5) is 16.5. The van der Waals surface area contributed by atoms with Gasteiger partial charge in [0.15, 0.2) is 5.78 Å². The van der Waals surface area contributed by atoms with Gasteiger partial charge in [-0.25, -0.2) is 9.37 Å². The lowest BCUT2D eigenvalue weighted by molar-refractivity contribution is 0.104. The minimum absolute atomic E-state index is 0.278. The lowest BCUT2D eigenvalue weighted by Gasteiger charge is -2.06. The molecule has 0 saturated heterocycles. The summed E-state index contributed by atoms with van der Waals surface area (Å²) >= 11 is 0. The first-order valence-electron chi connectivity index (χ1n) is 7.09. The van der Waals surface area contributed by atoms with Crippen molar-refractivity contribution in [3.8, 4) is 5.88 Å². The number of hydrogen-bond donors (Lipinski definition) is 0. The van der Waals surface area contributed by atoms with Crippen LogP contribution in [-0.4, -0.2) is 17.9 Å². The predicted octanol–water partition coefficient (Wildman–Crippen LogP) is 4.28. The highest BCUT2D eigenvalue weighted by Crippen LogP contribution is 2.23. The first-order valence-corrected chi connectivity index (χ1v) is 7.09. The highest BCUT2D eigenvalue weighted by atomic mass is 19.1. The number of carbonyl (C=O) groups excluding carboxylic acids is 1. The molecule has 0 fully saturated rings. The van der Waals surface area contributed by atoms with E-state index in [-0.39, 0.29) is 5.78 Å². The van der Waals surface area contributed by atoms with Gasteiger partial charge in [0.05, 0.1) is 12.6 Å². The molecule has 2 aromatic carbocycles. The average Bonchev–Trinajstić information content (AvgIpc) is 2.58. The summed E-state index contributed by atoms with van der Waals surface area (Å²) in [5.74, 6) is -0.277. The summed E-state index contributed by atoms with van der Waals surface area (Å²) in [7, 11) is 1.53. The Bertz CT molecular complexity index is 903. The molecule has 0 aliphatic heterocycles. The zero-order chi connectivity index (χ0) is 16.2. The normalized spacial score (nSPS) is 11.0. The molecule has 0 N–H and O–H groups in total. The molecule has 114 valence electrons. The number of rotatable bonds is 4. The molecule has 0 unspecified atom stereocenters. The number of fused-ring (bicyclic) bond motifs is 1. The van der Waals surface area contributed by atoms with Crippen LogP contribution in [-0.2, 0) is 0 Å². The van der Waals surface area contributed by atoms with E-state index in [1.54, 1.807) is 12.1 Å². The molecule has 3 aromatic rings. The van der Waals surface area contributed by atoms with Crippen LogP contribution >= 0.6 is 0 Å². The summed E-state index contributed by atoms with van der Waals surface area (Å²) in [5.41, 5.74) is 1.81. The highest BCUT2D eigenvalue weighted by molar-refractivity contribution is 6.07. The Hall–Kier alpha value is -3.01. The monoisotopic (exact) mass is 307 g/mol. The zero-order valence-electron chi connectivity index (χ0n) is 12.5. The standard InChI is InChI=1S/C19H14FNO2/c1-23-19-15(11-13-5-2-3-8-17(13)21-19)9-10-18(22)14-6-4-7-16(20)12-14/h2-12H,1H3/b10-9+. The molecule has 0 bridgehead atoms. The molecular weight excluding hydrogens is 293 g/mol. The van der Waals surface area contributed by atoms with Crippen molar-refractivity contribution in [1.82, 2.24) is 4.98 Å². The largest absolute Gasteiger partial charge is 0.481 e. The molecule has 3 rings (SSSR count). The topological polar surface area (TPSA) is 39.2 Å². The van der Waals surface area contributed by atoms with Crippen LogP contribution in [0.3, 0.4) is 0 Å². The van der Waals surface area contributed by atoms with Crippen molar-refractivity contribution in [1.29, 1.82) is 0 Å². The van der Waals surface area contributed by atoms with Crippen molar-refractivity contribution in [2.24, 2.45) is 0 Å². The predicted molar refractivity (Wildman–Crippen MR) is 88.1 cm³/mol. The van der Waals surface area contributed by atoms with Crippen LogP contribution in [0.4, 0.5) is 4.39 Å². The average molecular weight is 307 g/mol. The molecule has 0 spiro atoms. The van der Waals surface area contributed by atoms with Crippen LogP contribution in [0.25, 0.3) is 17.0 Å². The number of pyridine rings is 1. The molecule has 0 radical (unpaired) electrons.